The van der Waals surface area contributed by atoms with E-state index in [0.717, 1.165) is 11.1 Å². The Kier molecular flexibility index (Phi) is 2.72. The first-order chi connectivity index (χ1) is 5.65. The standard InChI is InChI=1S/C9H9O2P/c1-6-3-4-7(2)8(5-6)9(10)12-11/h3-5H,1-2H3/p+1. The van der Waals surface area contributed by atoms with Crippen LogP contribution in [-0.2, 0) is 4.57 Å². The average molecular weight is 181 g/mol. The third kappa shape index (κ3) is 1.77. The summed E-state index contributed by atoms with van der Waals surface area (Å²) in [6.45, 7) is 3.75. The summed E-state index contributed by atoms with van der Waals surface area (Å²) >= 11 is 0. The Hall–Kier alpha value is -1.01. The molecule has 1 rings (SSSR count). The van der Waals surface area contributed by atoms with E-state index in [9.17, 15) is 9.36 Å². The summed E-state index contributed by atoms with van der Waals surface area (Å²) in [6, 6.07) is 5.56. The molecule has 1 unspecified atom stereocenters. The maximum absolute atomic E-state index is 11.1. The molecule has 0 N–H and O–H groups in total. The van der Waals surface area contributed by atoms with E-state index >= 15 is 0 Å². The van der Waals surface area contributed by atoms with Gasteiger partial charge in [-0.2, -0.15) is 0 Å². The fourth-order valence-corrected chi connectivity index (χ4v) is 1.41. The van der Waals surface area contributed by atoms with Crippen LogP contribution >= 0.6 is 8.46 Å². The highest BCUT2D eigenvalue weighted by Gasteiger charge is 2.15. The third-order valence-electron chi connectivity index (χ3n) is 1.73. The molecule has 3 heteroatoms. The highest BCUT2D eigenvalue weighted by Crippen LogP contribution is 2.15. The normalized spacial score (nSPS) is 10.2. The number of benzene rings is 1. The van der Waals surface area contributed by atoms with Crippen LogP contribution in [-0.4, -0.2) is 5.52 Å². The third-order valence-corrected chi connectivity index (χ3v) is 2.19. The molecule has 0 saturated carbocycles. The zero-order valence-corrected chi connectivity index (χ0v) is 8.05. The first-order valence-corrected chi connectivity index (χ1v) is 4.55. The van der Waals surface area contributed by atoms with Gasteiger partial charge in [0.15, 0.2) is 0 Å². The van der Waals surface area contributed by atoms with Crippen LogP contribution in [0.5, 0.6) is 0 Å². The molecule has 2 nitrogen and oxygen atoms in total. The van der Waals surface area contributed by atoms with Crippen LogP contribution in [0.15, 0.2) is 18.2 Å². The van der Waals surface area contributed by atoms with Gasteiger partial charge in [0, 0.05) is 0 Å². The van der Waals surface area contributed by atoms with Crippen LogP contribution in [0, 0.1) is 13.8 Å². The Morgan fingerprint density at radius 1 is 1.33 bits per heavy atom. The van der Waals surface area contributed by atoms with Crippen LogP contribution in [0.1, 0.15) is 21.5 Å². The summed E-state index contributed by atoms with van der Waals surface area (Å²) < 4.78 is 10.4. The van der Waals surface area contributed by atoms with Gasteiger partial charge in [0.2, 0.25) is 0 Å². The van der Waals surface area contributed by atoms with Gasteiger partial charge in [-0.15, -0.1) is 0 Å². The molecule has 1 aromatic carbocycles. The van der Waals surface area contributed by atoms with Crippen LogP contribution < -0.4 is 0 Å². The number of carbonyl (C=O) groups excluding carboxylic acids is 1. The minimum absolute atomic E-state index is 0.295. The summed E-state index contributed by atoms with van der Waals surface area (Å²) in [5, 5.41) is 0. The van der Waals surface area contributed by atoms with Crippen molar-refractivity contribution in [3.05, 3.63) is 34.9 Å². The van der Waals surface area contributed by atoms with Gasteiger partial charge in [-0.05, 0) is 25.5 Å². The second kappa shape index (κ2) is 3.59. The molecular formula is C9H10O2P+. The van der Waals surface area contributed by atoms with Crippen LogP contribution in [0.25, 0.3) is 0 Å². The zero-order valence-electron chi connectivity index (χ0n) is 7.05. The minimum atomic E-state index is -0.887. The molecule has 0 aliphatic carbocycles. The van der Waals surface area contributed by atoms with Gasteiger partial charge < -0.3 is 0 Å². The predicted molar refractivity (Wildman–Crippen MR) is 49.2 cm³/mol. The lowest BCUT2D eigenvalue weighted by molar-refractivity contribution is 0.108. The number of hydrogen-bond acceptors (Lipinski definition) is 2. The van der Waals surface area contributed by atoms with Crippen molar-refractivity contribution in [2.45, 2.75) is 13.8 Å². The van der Waals surface area contributed by atoms with Crippen molar-refractivity contribution in [2.24, 2.45) is 0 Å². The predicted octanol–water partition coefficient (Wildman–Crippen LogP) is 2.47. The molecule has 0 aliphatic heterocycles. The Morgan fingerprint density at radius 2 is 2.00 bits per heavy atom. The van der Waals surface area contributed by atoms with E-state index in [1.165, 1.54) is 0 Å². The van der Waals surface area contributed by atoms with E-state index in [0.29, 0.717) is 5.56 Å². The summed E-state index contributed by atoms with van der Waals surface area (Å²) in [7, 11) is -0.887. The van der Waals surface area contributed by atoms with E-state index in [-0.39, 0.29) is 5.52 Å². The fourth-order valence-electron chi connectivity index (χ4n) is 1.04. The molecule has 0 heterocycles. The maximum Gasteiger partial charge on any atom is 0.406 e. The summed E-state index contributed by atoms with van der Waals surface area (Å²) in [5.74, 6) is 0. The van der Waals surface area contributed by atoms with E-state index < -0.39 is 8.46 Å². The summed E-state index contributed by atoms with van der Waals surface area (Å²) in [5.41, 5.74) is 2.18. The number of carbonyl (C=O) groups is 1. The lowest BCUT2D eigenvalue weighted by Gasteiger charge is -1.97. The van der Waals surface area contributed by atoms with Gasteiger partial charge in [0.1, 0.15) is 0 Å². The largest absolute Gasteiger partial charge is 0.406 e. The quantitative estimate of drug-likeness (QED) is 0.657. The lowest BCUT2D eigenvalue weighted by Crippen LogP contribution is -1.93. The van der Waals surface area contributed by atoms with Crippen LogP contribution in [0.2, 0.25) is 0 Å². The zero-order chi connectivity index (χ0) is 9.14. The SMILES string of the molecule is Cc1ccc(C)c(C(=O)[PH+]=O)c1. The number of rotatable bonds is 2. The van der Waals surface area contributed by atoms with Gasteiger partial charge in [0.25, 0.3) is 0 Å². The molecule has 62 valence electrons. The van der Waals surface area contributed by atoms with Crippen molar-refractivity contribution in [2.75, 3.05) is 0 Å². The van der Waals surface area contributed by atoms with E-state index in [1.807, 2.05) is 26.0 Å². The Labute approximate surface area is 72.8 Å². The first-order valence-electron chi connectivity index (χ1n) is 3.65. The highest BCUT2D eigenvalue weighted by atomic mass is 31.1. The molecule has 0 aliphatic rings. The van der Waals surface area contributed by atoms with Gasteiger partial charge in [-0.1, -0.05) is 22.3 Å². The minimum Gasteiger partial charge on any atom is -0.234 e. The second-order valence-electron chi connectivity index (χ2n) is 2.75. The Balaban J connectivity index is 3.22. The Morgan fingerprint density at radius 3 is 2.58 bits per heavy atom. The van der Waals surface area contributed by atoms with Crippen molar-refractivity contribution >= 4 is 14.0 Å². The first kappa shape index (κ1) is 9.08. The molecule has 0 saturated heterocycles. The van der Waals surface area contributed by atoms with Crippen molar-refractivity contribution < 1.29 is 9.36 Å². The van der Waals surface area contributed by atoms with Crippen LogP contribution in [0.3, 0.4) is 0 Å². The fraction of sp³-hybridized carbons (Fsp3) is 0.222. The smallest absolute Gasteiger partial charge is 0.234 e. The molecule has 1 atom stereocenters. The van der Waals surface area contributed by atoms with E-state index in [2.05, 4.69) is 0 Å². The molecule has 0 radical (unpaired) electrons. The monoisotopic (exact) mass is 181 g/mol. The number of aryl methyl sites for hydroxylation is 2. The highest BCUT2D eigenvalue weighted by molar-refractivity contribution is 7.47. The van der Waals surface area contributed by atoms with E-state index in [1.54, 1.807) is 6.07 Å². The van der Waals surface area contributed by atoms with E-state index in [4.69, 9.17) is 0 Å². The van der Waals surface area contributed by atoms with Crippen molar-refractivity contribution in [1.29, 1.82) is 0 Å². The molecular weight excluding hydrogens is 171 g/mol. The molecule has 0 amide bonds. The Bertz CT molecular complexity index is 331. The van der Waals surface area contributed by atoms with Crippen LogP contribution in [0.4, 0.5) is 0 Å². The molecule has 12 heavy (non-hydrogen) atoms. The summed E-state index contributed by atoms with van der Waals surface area (Å²) in [6.07, 6.45) is 0. The molecule has 1 aromatic rings. The molecule has 0 bridgehead atoms. The lowest BCUT2D eigenvalue weighted by atomic mass is 10.1. The maximum atomic E-state index is 11.1. The number of hydrogen-bond donors (Lipinski definition) is 0. The van der Waals surface area contributed by atoms with Crippen molar-refractivity contribution in [3.63, 3.8) is 0 Å². The second-order valence-corrected chi connectivity index (χ2v) is 3.41. The molecule has 0 aromatic heterocycles. The summed E-state index contributed by atoms with van der Waals surface area (Å²) in [4.78, 5) is 11.1. The van der Waals surface area contributed by atoms with Gasteiger partial charge >= 0.3 is 14.0 Å². The molecule has 0 spiro atoms. The van der Waals surface area contributed by atoms with Gasteiger partial charge in [-0.3, -0.25) is 0 Å². The van der Waals surface area contributed by atoms with Gasteiger partial charge in [0.05, 0.1) is 5.56 Å². The topological polar surface area (TPSA) is 34.1 Å². The molecule has 0 fully saturated rings. The van der Waals surface area contributed by atoms with Crippen molar-refractivity contribution in [3.8, 4) is 0 Å². The van der Waals surface area contributed by atoms with Gasteiger partial charge in [-0.25, -0.2) is 4.79 Å². The average Bonchev–Trinajstić information content (AvgIpc) is 2.08. The van der Waals surface area contributed by atoms with Crippen molar-refractivity contribution in [1.82, 2.24) is 0 Å².